The number of aliphatic hydroxyl groups is 1. The summed E-state index contributed by atoms with van der Waals surface area (Å²) in [6.45, 7) is 1.20. The van der Waals surface area contributed by atoms with Crippen LogP contribution in [0.4, 0.5) is 4.39 Å². The predicted molar refractivity (Wildman–Crippen MR) is 59.4 cm³/mol. The van der Waals surface area contributed by atoms with Gasteiger partial charge in [-0.1, -0.05) is 0 Å². The first-order valence-corrected chi connectivity index (χ1v) is 5.39. The molecule has 1 fully saturated rings. The van der Waals surface area contributed by atoms with Gasteiger partial charge >= 0.3 is 0 Å². The Balaban J connectivity index is 2.10. The van der Waals surface area contributed by atoms with Crippen molar-refractivity contribution in [2.24, 2.45) is 5.92 Å². The fourth-order valence-corrected chi connectivity index (χ4v) is 1.83. The van der Waals surface area contributed by atoms with Gasteiger partial charge in [0, 0.05) is 31.2 Å². The monoisotopic (exact) mass is 239 g/mol. The molecule has 2 rings (SSSR count). The Morgan fingerprint density at radius 3 is 2.88 bits per heavy atom. The van der Waals surface area contributed by atoms with Crippen LogP contribution >= 0.6 is 0 Å². The van der Waals surface area contributed by atoms with Crippen LogP contribution < -0.4 is 4.74 Å². The van der Waals surface area contributed by atoms with E-state index in [0.29, 0.717) is 18.7 Å². The Kier molecular flexibility index (Phi) is 3.28. The third-order valence-corrected chi connectivity index (χ3v) is 2.90. The molecule has 1 aliphatic heterocycles. The molecule has 1 amide bonds. The number of nitrogens with zero attached hydrogens (tertiary/aromatic N) is 1. The van der Waals surface area contributed by atoms with Gasteiger partial charge in [-0.3, -0.25) is 4.79 Å². The second kappa shape index (κ2) is 4.71. The highest BCUT2D eigenvalue weighted by Crippen LogP contribution is 2.22. The lowest BCUT2D eigenvalue weighted by molar-refractivity contribution is 0.0361. The summed E-state index contributed by atoms with van der Waals surface area (Å²) in [5.41, 5.74) is 0.402. The summed E-state index contributed by atoms with van der Waals surface area (Å²) in [5.74, 6) is -0.412. The number of carbonyl (C=O) groups is 1. The van der Waals surface area contributed by atoms with Crippen LogP contribution in [0.1, 0.15) is 10.4 Å². The molecule has 1 N–H and O–H groups in total. The van der Waals surface area contributed by atoms with E-state index in [-0.39, 0.29) is 24.2 Å². The summed E-state index contributed by atoms with van der Waals surface area (Å²) in [6.07, 6.45) is 0. The molecule has 1 aliphatic rings. The van der Waals surface area contributed by atoms with Crippen molar-refractivity contribution in [3.63, 3.8) is 0 Å². The number of carbonyl (C=O) groups excluding carboxylic acids is 1. The fourth-order valence-electron chi connectivity index (χ4n) is 1.83. The van der Waals surface area contributed by atoms with Gasteiger partial charge in [-0.05, 0) is 18.2 Å². The van der Waals surface area contributed by atoms with Gasteiger partial charge in [-0.15, -0.1) is 0 Å². The number of benzene rings is 1. The zero-order chi connectivity index (χ0) is 12.4. The highest BCUT2D eigenvalue weighted by Gasteiger charge is 2.30. The first-order valence-electron chi connectivity index (χ1n) is 5.39. The second-order valence-electron chi connectivity index (χ2n) is 4.11. The van der Waals surface area contributed by atoms with Crippen molar-refractivity contribution in [1.29, 1.82) is 0 Å². The number of hydrogen-bond donors (Lipinski definition) is 1. The molecule has 0 atom stereocenters. The van der Waals surface area contributed by atoms with Gasteiger partial charge in [0.2, 0.25) is 0 Å². The van der Waals surface area contributed by atoms with Crippen LogP contribution in [-0.2, 0) is 0 Å². The topological polar surface area (TPSA) is 49.8 Å². The van der Waals surface area contributed by atoms with E-state index in [1.807, 2.05) is 0 Å². The van der Waals surface area contributed by atoms with Crippen molar-refractivity contribution in [2.75, 3.05) is 26.8 Å². The van der Waals surface area contributed by atoms with Crippen molar-refractivity contribution < 1.29 is 19.0 Å². The van der Waals surface area contributed by atoms with E-state index in [4.69, 9.17) is 9.84 Å². The van der Waals surface area contributed by atoms with Gasteiger partial charge in [-0.2, -0.15) is 0 Å². The average molecular weight is 239 g/mol. The maximum atomic E-state index is 13.2. The Labute approximate surface area is 98.6 Å². The minimum absolute atomic E-state index is 0.0649. The first kappa shape index (κ1) is 11.9. The van der Waals surface area contributed by atoms with E-state index in [2.05, 4.69) is 0 Å². The van der Waals surface area contributed by atoms with Gasteiger partial charge in [0.25, 0.3) is 5.91 Å². The van der Waals surface area contributed by atoms with E-state index in [1.54, 1.807) is 4.90 Å². The third-order valence-electron chi connectivity index (χ3n) is 2.90. The molecule has 0 unspecified atom stereocenters. The summed E-state index contributed by atoms with van der Waals surface area (Å²) in [4.78, 5) is 13.6. The molecule has 1 aromatic carbocycles. The van der Waals surface area contributed by atoms with Gasteiger partial charge in [0.1, 0.15) is 0 Å². The maximum absolute atomic E-state index is 13.2. The molecular weight excluding hydrogens is 225 g/mol. The second-order valence-corrected chi connectivity index (χ2v) is 4.11. The standard InChI is InChI=1S/C12H14FNO3/c1-17-11-4-9(2-3-10(11)13)12(16)14-5-8(6-14)7-15/h2-4,8,15H,5-7H2,1H3. The number of hydrogen-bond acceptors (Lipinski definition) is 3. The highest BCUT2D eigenvalue weighted by molar-refractivity contribution is 5.95. The molecule has 0 saturated carbocycles. The number of methoxy groups -OCH3 is 1. The zero-order valence-corrected chi connectivity index (χ0v) is 9.52. The SMILES string of the molecule is COc1cc(C(=O)N2CC(CO)C2)ccc1F. The Morgan fingerprint density at radius 1 is 1.59 bits per heavy atom. The number of rotatable bonds is 3. The van der Waals surface area contributed by atoms with E-state index in [0.717, 1.165) is 0 Å². The van der Waals surface area contributed by atoms with Crippen LogP contribution in [0, 0.1) is 11.7 Å². The third kappa shape index (κ3) is 2.24. The summed E-state index contributed by atoms with van der Waals surface area (Å²) < 4.78 is 18.0. The van der Waals surface area contributed by atoms with Crippen molar-refractivity contribution >= 4 is 5.91 Å². The molecule has 0 radical (unpaired) electrons. The van der Waals surface area contributed by atoms with Crippen molar-refractivity contribution in [2.45, 2.75) is 0 Å². The minimum atomic E-state index is -0.485. The van der Waals surface area contributed by atoms with Crippen LogP contribution in [0.15, 0.2) is 18.2 Å². The number of aliphatic hydroxyl groups excluding tert-OH is 1. The maximum Gasteiger partial charge on any atom is 0.254 e. The van der Waals surface area contributed by atoms with Crippen molar-refractivity contribution in [3.05, 3.63) is 29.6 Å². The van der Waals surface area contributed by atoms with Crippen LogP contribution in [0.25, 0.3) is 0 Å². The minimum Gasteiger partial charge on any atom is -0.494 e. The molecule has 0 spiro atoms. The van der Waals surface area contributed by atoms with E-state index >= 15 is 0 Å². The summed E-state index contributed by atoms with van der Waals surface area (Å²) in [5, 5.41) is 8.87. The summed E-state index contributed by atoms with van der Waals surface area (Å²) in [7, 11) is 1.36. The highest BCUT2D eigenvalue weighted by atomic mass is 19.1. The lowest BCUT2D eigenvalue weighted by atomic mass is 10.00. The summed E-state index contributed by atoms with van der Waals surface area (Å²) >= 11 is 0. The number of likely N-dealkylation sites (tertiary alicyclic amines) is 1. The number of ether oxygens (including phenoxy) is 1. The van der Waals surface area contributed by atoms with Gasteiger partial charge < -0.3 is 14.7 Å². The Hall–Kier alpha value is -1.62. The molecular formula is C12H14FNO3. The zero-order valence-electron chi connectivity index (χ0n) is 9.52. The molecule has 1 heterocycles. The van der Waals surface area contributed by atoms with Gasteiger partial charge in [-0.25, -0.2) is 4.39 Å². The summed E-state index contributed by atoms with van der Waals surface area (Å²) in [6, 6.07) is 4.05. The molecule has 5 heteroatoms. The molecule has 92 valence electrons. The van der Waals surface area contributed by atoms with Gasteiger partial charge in [0.15, 0.2) is 11.6 Å². The number of halogens is 1. The molecule has 0 aromatic heterocycles. The molecule has 0 aliphatic carbocycles. The Morgan fingerprint density at radius 2 is 2.29 bits per heavy atom. The lowest BCUT2D eigenvalue weighted by Crippen LogP contribution is -2.51. The fraction of sp³-hybridized carbons (Fsp3) is 0.417. The smallest absolute Gasteiger partial charge is 0.254 e. The predicted octanol–water partition coefficient (Wildman–Crippen LogP) is 0.899. The lowest BCUT2D eigenvalue weighted by Gasteiger charge is -2.38. The van der Waals surface area contributed by atoms with Crippen LogP contribution in [0.2, 0.25) is 0 Å². The van der Waals surface area contributed by atoms with Crippen molar-refractivity contribution in [3.8, 4) is 5.75 Å². The van der Waals surface area contributed by atoms with E-state index < -0.39 is 5.82 Å². The van der Waals surface area contributed by atoms with Crippen LogP contribution in [0.5, 0.6) is 5.75 Å². The van der Waals surface area contributed by atoms with Gasteiger partial charge in [0.05, 0.1) is 7.11 Å². The quantitative estimate of drug-likeness (QED) is 0.852. The molecule has 1 saturated heterocycles. The van der Waals surface area contributed by atoms with Crippen molar-refractivity contribution in [1.82, 2.24) is 4.90 Å². The molecule has 4 nitrogen and oxygen atoms in total. The number of amides is 1. The largest absolute Gasteiger partial charge is 0.494 e. The first-order chi connectivity index (χ1) is 8.15. The average Bonchev–Trinajstić information content (AvgIpc) is 2.28. The molecule has 1 aromatic rings. The van der Waals surface area contributed by atoms with E-state index in [9.17, 15) is 9.18 Å². The Bertz CT molecular complexity index is 430. The van der Waals surface area contributed by atoms with Crippen LogP contribution in [-0.4, -0.2) is 42.7 Å². The molecule has 0 bridgehead atoms. The van der Waals surface area contributed by atoms with Crippen LogP contribution in [0.3, 0.4) is 0 Å². The van der Waals surface area contributed by atoms with E-state index in [1.165, 1.54) is 25.3 Å². The normalized spacial score (nSPS) is 15.6. The molecule has 17 heavy (non-hydrogen) atoms.